The summed E-state index contributed by atoms with van der Waals surface area (Å²) in [7, 11) is 0. The normalized spacial score (nSPS) is 25.6. The van der Waals surface area contributed by atoms with Gasteiger partial charge in [0.1, 0.15) is 0 Å². The summed E-state index contributed by atoms with van der Waals surface area (Å²) in [4.78, 5) is 12.9. The molecule has 0 atom stereocenters. The van der Waals surface area contributed by atoms with Gasteiger partial charge in [-0.15, -0.1) is 5.01 Å². The molecule has 14 heavy (non-hydrogen) atoms. The molecule has 1 aliphatic heterocycles. The fourth-order valence-electron chi connectivity index (χ4n) is 2.51. The Balaban J connectivity index is 1.80. The van der Waals surface area contributed by atoms with Crippen molar-refractivity contribution < 1.29 is 5.03 Å². The predicted octanol–water partition coefficient (Wildman–Crippen LogP) is 0.738. The van der Waals surface area contributed by atoms with Crippen LogP contribution in [0.4, 0.5) is 0 Å². The van der Waals surface area contributed by atoms with Gasteiger partial charge in [0, 0.05) is 19.1 Å². The average Bonchev–Trinajstić information content (AvgIpc) is 2.71. The van der Waals surface area contributed by atoms with E-state index in [1.807, 2.05) is 0 Å². The summed E-state index contributed by atoms with van der Waals surface area (Å²) in [6.45, 7) is 2.91. The lowest BCUT2D eigenvalue weighted by Crippen LogP contribution is -2.51. The Hall–Kier alpha value is -0.840. The van der Waals surface area contributed by atoms with Crippen LogP contribution in [0.2, 0.25) is 0 Å². The summed E-state index contributed by atoms with van der Waals surface area (Å²) in [6, 6.07) is 0.712. The number of nitrogens with zero attached hydrogens (tertiary/aromatic N) is 3. The Bertz CT molecular complexity index is 208. The van der Waals surface area contributed by atoms with Crippen molar-refractivity contribution >= 4 is 0 Å². The van der Waals surface area contributed by atoms with E-state index in [-0.39, 0.29) is 5.03 Å². The van der Waals surface area contributed by atoms with Gasteiger partial charge in [-0.2, -0.15) is 0 Å². The van der Waals surface area contributed by atoms with Crippen molar-refractivity contribution in [1.29, 1.82) is 0 Å². The Morgan fingerprint density at radius 1 is 1.07 bits per heavy atom. The molecule has 0 unspecified atom stereocenters. The molecule has 80 valence electrons. The summed E-state index contributed by atoms with van der Waals surface area (Å²) in [5.41, 5.74) is 0. The van der Waals surface area contributed by atoms with Crippen LogP contribution in [0.5, 0.6) is 0 Å². The molecule has 0 radical (unpaired) electrons. The molecule has 2 rings (SSSR count). The Morgan fingerprint density at radius 2 is 1.64 bits per heavy atom. The summed E-state index contributed by atoms with van der Waals surface area (Å²) in [5.74, 6) is 0. The topological polar surface area (TPSA) is 49.6 Å². The maximum Gasteiger partial charge on any atom is 0.160 e. The molecule has 0 aromatic heterocycles. The first-order valence-electron chi connectivity index (χ1n) is 5.40. The van der Waals surface area contributed by atoms with Gasteiger partial charge < -0.3 is 0 Å². The largest absolute Gasteiger partial charge is 0.296 e. The summed E-state index contributed by atoms with van der Waals surface area (Å²) in [6.07, 6.45) is 5.25. The van der Waals surface area contributed by atoms with E-state index in [9.17, 15) is 10.1 Å². The van der Waals surface area contributed by atoms with E-state index in [4.69, 9.17) is 0 Å². The van der Waals surface area contributed by atoms with Gasteiger partial charge in [0.05, 0.1) is 13.1 Å². The van der Waals surface area contributed by atoms with Crippen molar-refractivity contribution in [2.75, 3.05) is 26.2 Å². The van der Waals surface area contributed by atoms with E-state index in [0.717, 1.165) is 13.1 Å². The van der Waals surface area contributed by atoms with E-state index in [2.05, 4.69) is 4.90 Å². The van der Waals surface area contributed by atoms with Crippen LogP contribution in [0.15, 0.2) is 0 Å². The zero-order valence-corrected chi connectivity index (χ0v) is 8.39. The third-order valence-electron chi connectivity index (χ3n) is 3.36. The van der Waals surface area contributed by atoms with Gasteiger partial charge in [0.15, 0.2) is 5.03 Å². The number of piperazine rings is 1. The second kappa shape index (κ2) is 4.13. The monoisotopic (exact) mass is 199 g/mol. The Morgan fingerprint density at radius 3 is 2.14 bits per heavy atom. The van der Waals surface area contributed by atoms with Gasteiger partial charge >= 0.3 is 0 Å². The zero-order chi connectivity index (χ0) is 9.97. The summed E-state index contributed by atoms with van der Waals surface area (Å²) < 4.78 is 0. The smallest absolute Gasteiger partial charge is 0.160 e. The molecular weight excluding hydrogens is 182 g/mol. The number of nitro groups is 1. The van der Waals surface area contributed by atoms with Gasteiger partial charge in [0.25, 0.3) is 0 Å². The van der Waals surface area contributed by atoms with Crippen molar-refractivity contribution in [2.24, 2.45) is 0 Å². The first-order chi connectivity index (χ1) is 6.77. The molecule has 1 aliphatic carbocycles. The lowest BCUT2D eigenvalue weighted by atomic mass is 10.2. The first-order valence-corrected chi connectivity index (χ1v) is 5.40. The quantitative estimate of drug-likeness (QED) is 0.486. The third-order valence-corrected chi connectivity index (χ3v) is 3.36. The molecule has 1 saturated carbocycles. The highest BCUT2D eigenvalue weighted by Gasteiger charge is 2.28. The molecule has 0 aromatic rings. The number of hydrogen-bond acceptors (Lipinski definition) is 3. The molecule has 0 bridgehead atoms. The van der Waals surface area contributed by atoms with Crippen LogP contribution in [0.3, 0.4) is 0 Å². The van der Waals surface area contributed by atoms with E-state index < -0.39 is 0 Å². The van der Waals surface area contributed by atoms with E-state index in [1.54, 1.807) is 0 Å². The molecule has 2 aliphatic rings. The van der Waals surface area contributed by atoms with Gasteiger partial charge in [0.2, 0.25) is 0 Å². The minimum atomic E-state index is -0.272. The lowest BCUT2D eigenvalue weighted by Gasteiger charge is -2.34. The van der Waals surface area contributed by atoms with Crippen molar-refractivity contribution in [2.45, 2.75) is 31.7 Å². The Labute approximate surface area is 83.8 Å². The van der Waals surface area contributed by atoms with E-state index >= 15 is 0 Å². The van der Waals surface area contributed by atoms with Crippen molar-refractivity contribution in [3.8, 4) is 0 Å². The average molecular weight is 199 g/mol. The van der Waals surface area contributed by atoms with E-state index in [0.29, 0.717) is 19.1 Å². The van der Waals surface area contributed by atoms with Gasteiger partial charge in [-0.05, 0) is 12.8 Å². The maximum atomic E-state index is 10.5. The molecule has 0 amide bonds. The molecule has 1 saturated heterocycles. The van der Waals surface area contributed by atoms with Crippen LogP contribution < -0.4 is 0 Å². The molecule has 5 heteroatoms. The first kappa shape index (κ1) is 9.71. The van der Waals surface area contributed by atoms with Crippen molar-refractivity contribution in [1.82, 2.24) is 9.91 Å². The standard InChI is InChI=1S/C9H17N3O2/c13-12(14)11-7-5-10(6-8-11)9-3-1-2-4-9/h9H,1-8H2. The second-order valence-corrected chi connectivity index (χ2v) is 4.17. The highest BCUT2D eigenvalue weighted by molar-refractivity contribution is 4.80. The predicted molar refractivity (Wildman–Crippen MR) is 52.4 cm³/mol. The van der Waals surface area contributed by atoms with E-state index in [1.165, 1.54) is 30.7 Å². The highest BCUT2D eigenvalue weighted by atomic mass is 16.7. The minimum Gasteiger partial charge on any atom is -0.296 e. The fourth-order valence-corrected chi connectivity index (χ4v) is 2.51. The Kier molecular flexibility index (Phi) is 2.86. The lowest BCUT2D eigenvalue weighted by molar-refractivity contribution is -0.657. The summed E-state index contributed by atoms with van der Waals surface area (Å²) in [5, 5.41) is 11.5. The third kappa shape index (κ3) is 1.97. The van der Waals surface area contributed by atoms with Crippen LogP contribution in [-0.4, -0.2) is 47.2 Å². The van der Waals surface area contributed by atoms with Gasteiger partial charge in [-0.3, -0.25) is 4.90 Å². The molecule has 5 nitrogen and oxygen atoms in total. The van der Waals surface area contributed by atoms with Gasteiger partial charge in [-0.1, -0.05) is 12.8 Å². The molecule has 0 spiro atoms. The van der Waals surface area contributed by atoms with Crippen LogP contribution in [0.25, 0.3) is 0 Å². The van der Waals surface area contributed by atoms with Crippen LogP contribution in [0, 0.1) is 10.1 Å². The number of hydrazine groups is 1. The molecular formula is C9H17N3O2. The zero-order valence-electron chi connectivity index (χ0n) is 8.39. The minimum absolute atomic E-state index is 0.272. The van der Waals surface area contributed by atoms with Crippen LogP contribution in [0.1, 0.15) is 25.7 Å². The molecule has 1 heterocycles. The van der Waals surface area contributed by atoms with Crippen LogP contribution >= 0.6 is 0 Å². The molecule has 0 N–H and O–H groups in total. The van der Waals surface area contributed by atoms with Crippen molar-refractivity contribution in [3.05, 3.63) is 10.1 Å². The number of rotatable bonds is 2. The molecule has 2 fully saturated rings. The van der Waals surface area contributed by atoms with Crippen molar-refractivity contribution in [3.63, 3.8) is 0 Å². The van der Waals surface area contributed by atoms with Crippen LogP contribution in [-0.2, 0) is 0 Å². The highest BCUT2D eigenvalue weighted by Crippen LogP contribution is 2.24. The van der Waals surface area contributed by atoms with Gasteiger partial charge in [-0.25, -0.2) is 10.1 Å². The summed E-state index contributed by atoms with van der Waals surface area (Å²) >= 11 is 0. The second-order valence-electron chi connectivity index (χ2n) is 4.17. The SMILES string of the molecule is O=[N+]([O-])N1CCN(C2CCCC2)CC1. The number of hydrogen-bond donors (Lipinski definition) is 0. The molecule has 0 aromatic carbocycles. The fraction of sp³-hybridized carbons (Fsp3) is 1.00. The maximum absolute atomic E-state index is 10.5.